The first-order valence-corrected chi connectivity index (χ1v) is 11.6. The summed E-state index contributed by atoms with van der Waals surface area (Å²) in [6.07, 6.45) is 1.64. The number of hydrogen-bond acceptors (Lipinski definition) is 6. The van der Waals surface area contributed by atoms with Crippen LogP contribution in [0.15, 0.2) is 52.3 Å². The highest BCUT2D eigenvalue weighted by Crippen LogP contribution is 2.30. The molecule has 1 N–H and O–H groups in total. The lowest BCUT2D eigenvalue weighted by Gasteiger charge is -2.17. The van der Waals surface area contributed by atoms with Crippen molar-refractivity contribution in [2.75, 3.05) is 32.0 Å². The van der Waals surface area contributed by atoms with Crippen molar-refractivity contribution in [3.8, 4) is 11.5 Å². The van der Waals surface area contributed by atoms with Gasteiger partial charge >= 0.3 is 0 Å². The van der Waals surface area contributed by atoms with Gasteiger partial charge in [0.25, 0.3) is 10.0 Å². The fourth-order valence-electron chi connectivity index (χ4n) is 3.00. The van der Waals surface area contributed by atoms with Gasteiger partial charge in [-0.3, -0.25) is 4.72 Å². The second kappa shape index (κ2) is 7.98. The fraction of sp³-hybridized carbons (Fsp3) is 0.333. The molecule has 3 rings (SSSR count). The molecule has 1 fully saturated rings. The van der Waals surface area contributed by atoms with Gasteiger partial charge in [-0.1, -0.05) is 6.07 Å². The van der Waals surface area contributed by atoms with Crippen LogP contribution in [0.2, 0.25) is 0 Å². The second-order valence-electron chi connectivity index (χ2n) is 6.26. The van der Waals surface area contributed by atoms with E-state index in [9.17, 15) is 16.8 Å². The Bertz CT molecular complexity index is 1060. The molecular formula is C18H22N2O6S2. The summed E-state index contributed by atoms with van der Waals surface area (Å²) in [6.45, 7) is 0.943. The van der Waals surface area contributed by atoms with Gasteiger partial charge in [0.1, 0.15) is 16.4 Å². The molecule has 10 heteroatoms. The molecule has 0 atom stereocenters. The van der Waals surface area contributed by atoms with Crippen LogP contribution in [0.4, 0.5) is 5.69 Å². The van der Waals surface area contributed by atoms with E-state index in [1.807, 2.05) is 0 Å². The molecule has 1 heterocycles. The number of benzene rings is 2. The van der Waals surface area contributed by atoms with E-state index in [4.69, 9.17) is 9.47 Å². The van der Waals surface area contributed by atoms with Crippen LogP contribution in [0.5, 0.6) is 11.5 Å². The molecule has 0 unspecified atom stereocenters. The van der Waals surface area contributed by atoms with Crippen molar-refractivity contribution >= 4 is 25.7 Å². The molecular weight excluding hydrogens is 404 g/mol. The van der Waals surface area contributed by atoms with Gasteiger partial charge < -0.3 is 9.47 Å². The van der Waals surface area contributed by atoms with Crippen LogP contribution in [-0.2, 0) is 20.0 Å². The second-order valence-corrected chi connectivity index (χ2v) is 9.85. The molecule has 0 radical (unpaired) electrons. The Balaban J connectivity index is 1.94. The Hall–Kier alpha value is -2.30. The van der Waals surface area contributed by atoms with Gasteiger partial charge in [0.2, 0.25) is 10.0 Å². The van der Waals surface area contributed by atoms with Crippen LogP contribution in [0, 0.1) is 0 Å². The predicted molar refractivity (Wildman–Crippen MR) is 105 cm³/mol. The maximum Gasteiger partial charge on any atom is 0.265 e. The quantitative estimate of drug-likeness (QED) is 0.729. The predicted octanol–water partition coefficient (Wildman–Crippen LogP) is 2.29. The van der Waals surface area contributed by atoms with Crippen LogP contribution >= 0.6 is 0 Å². The van der Waals surface area contributed by atoms with Crippen LogP contribution in [-0.4, -0.2) is 48.4 Å². The molecule has 2 aromatic carbocycles. The minimum Gasteiger partial charge on any atom is -0.497 e. The monoisotopic (exact) mass is 426 g/mol. The molecule has 0 bridgehead atoms. The summed E-state index contributed by atoms with van der Waals surface area (Å²) < 4.78 is 65.2. The van der Waals surface area contributed by atoms with Gasteiger partial charge in [0, 0.05) is 19.2 Å². The van der Waals surface area contributed by atoms with Crippen molar-refractivity contribution < 1.29 is 26.3 Å². The molecule has 152 valence electrons. The van der Waals surface area contributed by atoms with E-state index in [2.05, 4.69) is 4.72 Å². The highest BCUT2D eigenvalue weighted by Gasteiger charge is 2.28. The van der Waals surface area contributed by atoms with Gasteiger partial charge in [-0.15, -0.1) is 0 Å². The Morgan fingerprint density at radius 2 is 1.64 bits per heavy atom. The molecule has 0 spiro atoms. The zero-order chi connectivity index (χ0) is 20.4. The summed E-state index contributed by atoms with van der Waals surface area (Å²) in [5, 5.41) is 0. The number of methoxy groups -OCH3 is 2. The van der Waals surface area contributed by atoms with E-state index in [1.165, 1.54) is 54.9 Å². The van der Waals surface area contributed by atoms with E-state index >= 15 is 0 Å². The molecule has 2 aromatic rings. The molecule has 0 aromatic heterocycles. The number of ether oxygens (including phenoxy) is 2. The summed E-state index contributed by atoms with van der Waals surface area (Å²) >= 11 is 0. The molecule has 1 saturated heterocycles. The SMILES string of the molecule is COc1ccc(OC)c(S(=O)(=O)Nc2cccc(S(=O)(=O)N3CCCC3)c2)c1. The molecule has 0 saturated carbocycles. The van der Waals surface area contributed by atoms with E-state index in [0.29, 0.717) is 18.8 Å². The topological polar surface area (TPSA) is 102 Å². The first kappa shape index (κ1) is 20.4. The van der Waals surface area contributed by atoms with Crippen molar-refractivity contribution in [3.05, 3.63) is 42.5 Å². The summed E-state index contributed by atoms with van der Waals surface area (Å²) in [5.74, 6) is 0.501. The van der Waals surface area contributed by atoms with Crippen LogP contribution in [0.1, 0.15) is 12.8 Å². The summed E-state index contributed by atoms with van der Waals surface area (Å²) in [7, 11) is -4.89. The van der Waals surface area contributed by atoms with Gasteiger partial charge in [0.05, 0.1) is 24.8 Å². The molecule has 0 aliphatic carbocycles. The number of anilines is 1. The molecule has 0 amide bonds. The normalized spacial score (nSPS) is 15.4. The summed E-state index contributed by atoms with van der Waals surface area (Å²) in [5.41, 5.74) is 0.144. The number of nitrogens with one attached hydrogen (secondary N) is 1. The smallest absolute Gasteiger partial charge is 0.265 e. The Kier molecular flexibility index (Phi) is 5.82. The van der Waals surface area contributed by atoms with Crippen molar-refractivity contribution in [3.63, 3.8) is 0 Å². The van der Waals surface area contributed by atoms with E-state index in [0.717, 1.165) is 12.8 Å². The molecule has 1 aliphatic rings. The van der Waals surface area contributed by atoms with Crippen molar-refractivity contribution in [1.82, 2.24) is 4.31 Å². The minimum atomic E-state index is -4.03. The third-order valence-electron chi connectivity index (χ3n) is 4.45. The van der Waals surface area contributed by atoms with Crippen LogP contribution < -0.4 is 14.2 Å². The molecule has 1 aliphatic heterocycles. The Morgan fingerprint density at radius 3 is 2.29 bits per heavy atom. The zero-order valence-corrected chi connectivity index (χ0v) is 17.2. The van der Waals surface area contributed by atoms with Gasteiger partial charge in [0.15, 0.2) is 0 Å². The van der Waals surface area contributed by atoms with Gasteiger partial charge in [-0.25, -0.2) is 16.8 Å². The van der Waals surface area contributed by atoms with E-state index < -0.39 is 20.0 Å². The molecule has 8 nitrogen and oxygen atoms in total. The zero-order valence-electron chi connectivity index (χ0n) is 15.6. The number of sulfonamides is 2. The lowest BCUT2D eigenvalue weighted by molar-refractivity contribution is 0.392. The minimum absolute atomic E-state index is 0.0483. The molecule has 28 heavy (non-hydrogen) atoms. The van der Waals surface area contributed by atoms with E-state index in [-0.39, 0.29) is 21.2 Å². The van der Waals surface area contributed by atoms with E-state index in [1.54, 1.807) is 6.07 Å². The lowest BCUT2D eigenvalue weighted by atomic mass is 10.3. The largest absolute Gasteiger partial charge is 0.497 e. The van der Waals surface area contributed by atoms with Crippen molar-refractivity contribution in [2.45, 2.75) is 22.6 Å². The maximum atomic E-state index is 12.9. The highest BCUT2D eigenvalue weighted by atomic mass is 32.2. The first-order chi connectivity index (χ1) is 13.3. The lowest BCUT2D eigenvalue weighted by Crippen LogP contribution is -2.27. The van der Waals surface area contributed by atoms with Crippen LogP contribution in [0.3, 0.4) is 0 Å². The maximum absolute atomic E-state index is 12.9. The average molecular weight is 427 g/mol. The third-order valence-corrected chi connectivity index (χ3v) is 7.75. The number of rotatable bonds is 7. The van der Waals surface area contributed by atoms with Gasteiger partial charge in [-0.05, 0) is 43.2 Å². The highest BCUT2D eigenvalue weighted by molar-refractivity contribution is 7.92. The third kappa shape index (κ3) is 4.08. The summed E-state index contributed by atoms with van der Waals surface area (Å²) in [4.78, 5) is -0.0608. The number of nitrogens with zero attached hydrogens (tertiary/aromatic N) is 1. The van der Waals surface area contributed by atoms with Crippen molar-refractivity contribution in [1.29, 1.82) is 0 Å². The Morgan fingerprint density at radius 1 is 0.929 bits per heavy atom. The number of hydrogen-bond donors (Lipinski definition) is 1. The fourth-order valence-corrected chi connectivity index (χ4v) is 5.80. The van der Waals surface area contributed by atoms with Crippen molar-refractivity contribution in [2.24, 2.45) is 0 Å². The van der Waals surface area contributed by atoms with Gasteiger partial charge in [-0.2, -0.15) is 4.31 Å². The van der Waals surface area contributed by atoms with Crippen LogP contribution in [0.25, 0.3) is 0 Å². The summed E-state index contributed by atoms with van der Waals surface area (Å²) in [6, 6.07) is 10.2. The Labute approximate surface area is 165 Å². The first-order valence-electron chi connectivity index (χ1n) is 8.63. The average Bonchev–Trinajstić information content (AvgIpc) is 3.23. The standard InChI is InChI=1S/C18H22N2O6S2/c1-25-15-8-9-17(26-2)18(13-15)27(21,22)19-14-6-5-7-16(12-14)28(23,24)20-10-3-4-11-20/h5-9,12-13,19H,3-4,10-11H2,1-2H3.